The summed E-state index contributed by atoms with van der Waals surface area (Å²) in [5.41, 5.74) is 0.314. The maximum absolute atomic E-state index is 13.3. The van der Waals surface area contributed by atoms with E-state index in [9.17, 15) is 14.0 Å². The van der Waals surface area contributed by atoms with E-state index in [1.54, 1.807) is 0 Å². The predicted octanol–water partition coefficient (Wildman–Crippen LogP) is 3.29. The third-order valence-electron chi connectivity index (χ3n) is 4.26. The molecule has 0 unspecified atom stereocenters. The summed E-state index contributed by atoms with van der Waals surface area (Å²) in [5, 5.41) is 0. The van der Waals surface area contributed by atoms with Gasteiger partial charge in [-0.05, 0) is 36.6 Å². The Morgan fingerprint density at radius 1 is 1.12 bits per heavy atom. The third kappa shape index (κ3) is 3.02. The largest absolute Gasteiger partial charge is 0.496 e. The standard InChI is InChI=1S/C19H17FO4/c1-23-17-8-7-14(20)11-15(17)16(21)12-24-18(22)19(9-10-19)13-5-3-2-4-6-13/h2-8,11H,9-10,12H2,1H3. The smallest absolute Gasteiger partial charge is 0.317 e. The van der Waals surface area contributed by atoms with Crippen molar-refractivity contribution in [2.45, 2.75) is 18.3 Å². The highest BCUT2D eigenvalue weighted by Gasteiger charge is 2.52. The molecule has 0 amide bonds. The first-order valence-corrected chi connectivity index (χ1v) is 7.66. The summed E-state index contributed by atoms with van der Waals surface area (Å²) in [7, 11) is 1.39. The molecule has 0 saturated heterocycles. The Balaban J connectivity index is 1.69. The first kappa shape index (κ1) is 16.2. The molecule has 0 bridgehead atoms. The fraction of sp³-hybridized carbons (Fsp3) is 0.263. The zero-order chi connectivity index (χ0) is 17.2. The van der Waals surface area contributed by atoms with Gasteiger partial charge in [-0.3, -0.25) is 9.59 Å². The van der Waals surface area contributed by atoms with Gasteiger partial charge in [0, 0.05) is 0 Å². The number of methoxy groups -OCH3 is 1. The Morgan fingerprint density at radius 2 is 1.83 bits per heavy atom. The van der Waals surface area contributed by atoms with Crippen LogP contribution in [0.2, 0.25) is 0 Å². The van der Waals surface area contributed by atoms with Gasteiger partial charge in [0.25, 0.3) is 0 Å². The van der Waals surface area contributed by atoms with Crippen molar-refractivity contribution in [2.24, 2.45) is 0 Å². The number of hydrogen-bond donors (Lipinski definition) is 0. The number of benzene rings is 2. The summed E-state index contributed by atoms with van der Waals surface area (Å²) < 4.78 is 23.6. The second kappa shape index (κ2) is 6.43. The molecule has 0 N–H and O–H groups in total. The van der Waals surface area contributed by atoms with E-state index in [0.717, 1.165) is 11.6 Å². The van der Waals surface area contributed by atoms with Gasteiger partial charge in [0.2, 0.25) is 5.78 Å². The lowest BCUT2D eigenvalue weighted by molar-refractivity contribution is -0.145. The van der Waals surface area contributed by atoms with E-state index in [1.165, 1.54) is 19.2 Å². The number of hydrogen-bond acceptors (Lipinski definition) is 4. The summed E-state index contributed by atoms with van der Waals surface area (Å²) in [6.45, 7) is -0.437. The normalized spacial score (nSPS) is 14.8. The third-order valence-corrected chi connectivity index (χ3v) is 4.26. The van der Waals surface area contributed by atoms with Crippen molar-refractivity contribution in [2.75, 3.05) is 13.7 Å². The molecule has 124 valence electrons. The van der Waals surface area contributed by atoms with Crippen LogP contribution in [0.15, 0.2) is 48.5 Å². The zero-order valence-corrected chi connectivity index (χ0v) is 13.3. The zero-order valence-electron chi connectivity index (χ0n) is 13.3. The van der Waals surface area contributed by atoms with Crippen molar-refractivity contribution in [3.8, 4) is 5.75 Å². The maximum atomic E-state index is 13.3. The lowest BCUT2D eigenvalue weighted by atomic mass is 9.96. The first-order chi connectivity index (χ1) is 11.6. The van der Waals surface area contributed by atoms with Crippen LogP contribution in [-0.4, -0.2) is 25.5 Å². The molecular weight excluding hydrogens is 311 g/mol. The molecule has 24 heavy (non-hydrogen) atoms. The highest BCUT2D eigenvalue weighted by Crippen LogP contribution is 2.49. The number of halogens is 1. The molecular formula is C19H17FO4. The van der Waals surface area contributed by atoms with Crippen LogP contribution >= 0.6 is 0 Å². The summed E-state index contributed by atoms with van der Waals surface area (Å²) >= 11 is 0. The Labute approximate surface area is 139 Å². The first-order valence-electron chi connectivity index (χ1n) is 7.66. The Hall–Kier alpha value is -2.69. The van der Waals surface area contributed by atoms with Gasteiger partial charge in [-0.15, -0.1) is 0 Å². The number of ether oxygens (including phenoxy) is 2. The topological polar surface area (TPSA) is 52.6 Å². The van der Waals surface area contributed by atoms with Gasteiger partial charge >= 0.3 is 5.97 Å². The molecule has 4 nitrogen and oxygen atoms in total. The van der Waals surface area contributed by atoms with Gasteiger partial charge in [0.15, 0.2) is 6.61 Å². The van der Waals surface area contributed by atoms with Crippen molar-refractivity contribution >= 4 is 11.8 Å². The van der Waals surface area contributed by atoms with E-state index in [4.69, 9.17) is 9.47 Å². The minimum Gasteiger partial charge on any atom is -0.496 e. The van der Waals surface area contributed by atoms with Crippen molar-refractivity contribution in [1.82, 2.24) is 0 Å². The highest BCUT2D eigenvalue weighted by atomic mass is 19.1. The molecule has 2 aromatic carbocycles. The Bertz CT molecular complexity index is 766. The van der Waals surface area contributed by atoms with Crippen molar-refractivity contribution < 1.29 is 23.5 Å². The number of ketones is 1. The van der Waals surface area contributed by atoms with Crippen LogP contribution in [0, 0.1) is 5.82 Å². The van der Waals surface area contributed by atoms with Crippen LogP contribution in [0.1, 0.15) is 28.8 Å². The fourth-order valence-corrected chi connectivity index (χ4v) is 2.74. The molecule has 1 aliphatic rings. The summed E-state index contributed by atoms with van der Waals surface area (Å²) in [4.78, 5) is 24.6. The number of rotatable bonds is 6. The summed E-state index contributed by atoms with van der Waals surface area (Å²) in [5.74, 6) is -1.21. The minimum absolute atomic E-state index is 0.0647. The van der Waals surface area contributed by atoms with Crippen LogP contribution < -0.4 is 4.74 Å². The summed E-state index contributed by atoms with van der Waals surface area (Å²) in [6.07, 6.45) is 1.40. The maximum Gasteiger partial charge on any atom is 0.317 e. The molecule has 5 heteroatoms. The second-order valence-corrected chi connectivity index (χ2v) is 5.79. The lowest BCUT2D eigenvalue weighted by Crippen LogP contribution is -2.26. The number of esters is 1. The number of Topliss-reactive ketones (excluding diaryl/α,β-unsaturated/α-hetero) is 1. The molecule has 0 spiro atoms. The SMILES string of the molecule is COc1ccc(F)cc1C(=O)COC(=O)C1(c2ccccc2)CC1. The average Bonchev–Trinajstić information content (AvgIpc) is 3.42. The molecule has 1 aliphatic carbocycles. The highest BCUT2D eigenvalue weighted by molar-refractivity contribution is 6.01. The van der Waals surface area contributed by atoms with Gasteiger partial charge in [-0.25, -0.2) is 4.39 Å². The van der Waals surface area contributed by atoms with Crippen molar-refractivity contribution in [3.05, 3.63) is 65.5 Å². The van der Waals surface area contributed by atoms with E-state index in [2.05, 4.69) is 0 Å². The van der Waals surface area contributed by atoms with Gasteiger partial charge in [0.05, 0.1) is 18.1 Å². The van der Waals surface area contributed by atoms with Crippen LogP contribution in [0.4, 0.5) is 4.39 Å². The van der Waals surface area contributed by atoms with E-state index in [1.807, 2.05) is 30.3 Å². The lowest BCUT2D eigenvalue weighted by Gasteiger charge is -2.15. The van der Waals surface area contributed by atoms with E-state index >= 15 is 0 Å². The number of carbonyl (C=O) groups is 2. The molecule has 0 aromatic heterocycles. The van der Waals surface area contributed by atoms with Gasteiger partial charge in [-0.2, -0.15) is 0 Å². The van der Waals surface area contributed by atoms with Crippen LogP contribution in [-0.2, 0) is 14.9 Å². The predicted molar refractivity (Wildman–Crippen MR) is 85.6 cm³/mol. The molecule has 0 aliphatic heterocycles. The summed E-state index contributed by atoms with van der Waals surface area (Å²) in [6, 6.07) is 13.0. The monoisotopic (exact) mass is 328 g/mol. The molecule has 3 rings (SSSR count). The van der Waals surface area contributed by atoms with E-state index < -0.39 is 29.6 Å². The average molecular weight is 328 g/mol. The van der Waals surface area contributed by atoms with Crippen molar-refractivity contribution in [3.63, 3.8) is 0 Å². The quantitative estimate of drug-likeness (QED) is 0.603. The van der Waals surface area contributed by atoms with Crippen LogP contribution in [0.25, 0.3) is 0 Å². The molecule has 0 atom stereocenters. The fourth-order valence-electron chi connectivity index (χ4n) is 2.74. The van der Waals surface area contributed by atoms with Crippen molar-refractivity contribution in [1.29, 1.82) is 0 Å². The second-order valence-electron chi connectivity index (χ2n) is 5.79. The number of carbonyl (C=O) groups excluding carboxylic acids is 2. The Kier molecular flexibility index (Phi) is 4.34. The van der Waals surface area contributed by atoms with E-state index in [-0.39, 0.29) is 11.3 Å². The molecule has 0 radical (unpaired) electrons. The Morgan fingerprint density at radius 3 is 2.46 bits per heavy atom. The molecule has 0 heterocycles. The van der Waals surface area contributed by atoms with Gasteiger partial charge in [0.1, 0.15) is 11.6 Å². The van der Waals surface area contributed by atoms with Crippen LogP contribution in [0.5, 0.6) is 5.75 Å². The molecule has 2 aromatic rings. The molecule has 1 saturated carbocycles. The molecule has 1 fully saturated rings. The van der Waals surface area contributed by atoms with Gasteiger partial charge < -0.3 is 9.47 Å². The van der Waals surface area contributed by atoms with Crippen LogP contribution in [0.3, 0.4) is 0 Å². The minimum atomic E-state index is -0.645. The van der Waals surface area contributed by atoms with Gasteiger partial charge in [-0.1, -0.05) is 30.3 Å². The van der Waals surface area contributed by atoms with E-state index in [0.29, 0.717) is 12.8 Å².